The highest BCUT2D eigenvalue weighted by atomic mass is 79.9. The van der Waals surface area contributed by atoms with Crippen LogP contribution >= 0.6 is 15.9 Å². The number of ether oxygens (including phenoxy) is 1. The largest absolute Gasteiger partial charge is 0.495 e. The van der Waals surface area contributed by atoms with Crippen molar-refractivity contribution in [2.75, 3.05) is 33.8 Å². The van der Waals surface area contributed by atoms with Crippen LogP contribution in [0, 0.1) is 0 Å². The molecule has 0 unspecified atom stereocenters. The van der Waals surface area contributed by atoms with Crippen molar-refractivity contribution in [3.8, 4) is 5.75 Å². The second kappa shape index (κ2) is 7.29. The summed E-state index contributed by atoms with van der Waals surface area (Å²) in [7, 11) is -0.412. The van der Waals surface area contributed by atoms with Gasteiger partial charge in [-0.3, -0.25) is 0 Å². The molecule has 1 saturated heterocycles. The Hall–Kier alpha value is -0.630. The summed E-state index contributed by atoms with van der Waals surface area (Å²) < 4.78 is 33.3. The normalized spacial score (nSPS) is 17.9. The molecule has 0 bridgehead atoms. The summed E-state index contributed by atoms with van der Waals surface area (Å²) in [5.41, 5.74) is 0. The van der Waals surface area contributed by atoms with Crippen LogP contribution in [-0.4, -0.2) is 57.5 Å². The number of rotatable bonds is 5. The lowest BCUT2D eigenvalue weighted by Crippen LogP contribution is -2.45. The van der Waals surface area contributed by atoms with Crippen LogP contribution in [0.4, 0.5) is 0 Å². The summed E-state index contributed by atoms with van der Waals surface area (Å²) in [6.07, 6.45) is 1.72. The Kier molecular flexibility index (Phi) is 5.87. The summed E-state index contributed by atoms with van der Waals surface area (Å²) >= 11 is 3.34. The van der Waals surface area contributed by atoms with E-state index in [1.54, 1.807) is 25.2 Å². The van der Waals surface area contributed by atoms with E-state index in [1.165, 1.54) is 11.4 Å². The summed E-state index contributed by atoms with van der Waals surface area (Å²) in [6, 6.07) is 5.09. The molecule has 22 heavy (non-hydrogen) atoms. The molecular formula is C15H23BrN2O3S. The lowest BCUT2D eigenvalue weighted by atomic mass is 10.1. The second-order valence-electron chi connectivity index (χ2n) is 5.48. The Bertz CT molecular complexity index is 613. The minimum Gasteiger partial charge on any atom is -0.495 e. The Morgan fingerprint density at radius 1 is 1.36 bits per heavy atom. The van der Waals surface area contributed by atoms with Gasteiger partial charge in [0.15, 0.2) is 0 Å². The molecule has 0 amide bonds. The molecule has 124 valence electrons. The third-order valence-electron chi connectivity index (χ3n) is 4.30. The molecule has 0 N–H and O–H groups in total. The number of likely N-dealkylation sites (tertiary alicyclic amines) is 1. The van der Waals surface area contributed by atoms with Crippen LogP contribution in [-0.2, 0) is 10.0 Å². The number of halogens is 1. The highest BCUT2D eigenvalue weighted by Gasteiger charge is 2.32. The fraction of sp³-hybridized carbons (Fsp3) is 0.600. The maximum absolute atomic E-state index is 12.9. The van der Waals surface area contributed by atoms with Crippen LogP contribution in [0.3, 0.4) is 0 Å². The summed E-state index contributed by atoms with van der Waals surface area (Å²) in [4.78, 5) is 2.56. The molecule has 1 aliphatic heterocycles. The molecule has 1 fully saturated rings. The first-order valence-electron chi connectivity index (χ1n) is 7.44. The molecule has 1 aliphatic rings. The molecule has 1 heterocycles. The SMILES string of the molecule is CCN1CCC(N(C)S(=O)(=O)c2cc(Br)ccc2OC)CC1. The van der Waals surface area contributed by atoms with Crippen molar-refractivity contribution in [2.45, 2.75) is 30.7 Å². The fourth-order valence-electron chi connectivity index (χ4n) is 2.80. The van der Waals surface area contributed by atoms with Crippen LogP contribution in [0.1, 0.15) is 19.8 Å². The van der Waals surface area contributed by atoms with Crippen molar-refractivity contribution in [1.82, 2.24) is 9.21 Å². The highest BCUT2D eigenvalue weighted by molar-refractivity contribution is 9.10. The molecule has 1 aromatic carbocycles. The van der Waals surface area contributed by atoms with Crippen molar-refractivity contribution in [3.05, 3.63) is 22.7 Å². The Morgan fingerprint density at radius 2 is 2.00 bits per heavy atom. The van der Waals surface area contributed by atoms with E-state index in [0.29, 0.717) is 5.75 Å². The van der Waals surface area contributed by atoms with Gasteiger partial charge in [0.05, 0.1) is 7.11 Å². The van der Waals surface area contributed by atoms with Crippen LogP contribution in [0.2, 0.25) is 0 Å². The summed E-state index contributed by atoms with van der Waals surface area (Å²) in [5, 5.41) is 0. The van der Waals surface area contributed by atoms with E-state index < -0.39 is 10.0 Å². The number of piperidine rings is 1. The van der Waals surface area contributed by atoms with Gasteiger partial charge in [0.25, 0.3) is 0 Å². The lowest BCUT2D eigenvalue weighted by molar-refractivity contribution is 0.176. The third kappa shape index (κ3) is 3.64. The van der Waals surface area contributed by atoms with Gasteiger partial charge in [-0.15, -0.1) is 0 Å². The first-order valence-corrected chi connectivity index (χ1v) is 9.67. The molecule has 0 atom stereocenters. The topological polar surface area (TPSA) is 49.9 Å². The zero-order chi connectivity index (χ0) is 16.3. The van der Waals surface area contributed by atoms with Crippen molar-refractivity contribution >= 4 is 26.0 Å². The van der Waals surface area contributed by atoms with Gasteiger partial charge >= 0.3 is 0 Å². The molecular weight excluding hydrogens is 368 g/mol. The number of hydrogen-bond acceptors (Lipinski definition) is 4. The standard InChI is InChI=1S/C15H23BrN2O3S/c1-4-18-9-7-13(8-10-18)17(2)22(19,20)15-11-12(16)5-6-14(15)21-3/h5-6,11,13H,4,7-10H2,1-3H3. The van der Waals surface area contributed by atoms with Crippen LogP contribution < -0.4 is 4.74 Å². The number of hydrogen-bond donors (Lipinski definition) is 0. The van der Waals surface area contributed by atoms with E-state index in [9.17, 15) is 8.42 Å². The predicted octanol–water partition coefficient (Wildman–Crippen LogP) is 2.56. The third-order valence-corrected chi connectivity index (χ3v) is 6.73. The zero-order valence-corrected chi connectivity index (χ0v) is 15.7. The molecule has 5 nitrogen and oxygen atoms in total. The smallest absolute Gasteiger partial charge is 0.246 e. The first-order chi connectivity index (χ1) is 10.4. The minimum atomic E-state index is -3.57. The fourth-order valence-corrected chi connectivity index (χ4v) is 4.91. The number of sulfonamides is 1. The molecule has 0 spiro atoms. The second-order valence-corrected chi connectivity index (χ2v) is 8.36. The number of benzene rings is 1. The van der Waals surface area contributed by atoms with Crippen molar-refractivity contribution < 1.29 is 13.2 Å². The Balaban J connectivity index is 2.25. The minimum absolute atomic E-state index is 0.0384. The number of nitrogens with zero attached hydrogens (tertiary/aromatic N) is 2. The number of methoxy groups -OCH3 is 1. The van der Waals surface area contributed by atoms with Crippen molar-refractivity contribution in [1.29, 1.82) is 0 Å². The zero-order valence-electron chi connectivity index (χ0n) is 13.3. The molecule has 1 aromatic rings. The summed E-state index contributed by atoms with van der Waals surface area (Å²) in [6.45, 7) is 5.03. The average molecular weight is 391 g/mol. The van der Waals surface area contributed by atoms with E-state index in [4.69, 9.17) is 4.74 Å². The van der Waals surface area contributed by atoms with Gasteiger partial charge in [-0.05, 0) is 50.7 Å². The Morgan fingerprint density at radius 3 is 2.55 bits per heavy atom. The highest BCUT2D eigenvalue weighted by Crippen LogP contribution is 2.31. The molecule has 0 aromatic heterocycles. The Labute approximate surface area is 141 Å². The predicted molar refractivity (Wildman–Crippen MR) is 90.8 cm³/mol. The first kappa shape index (κ1) is 17.7. The summed E-state index contributed by atoms with van der Waals surface area (Å²) in [5.74, 6) is 0.376. The van der Waals surface area contributed by atoms with E-state index in [1.807, 2.05) is 0 Å². The molecule has 0 radical (unpaired) electrons. The van der Waals surface area contributed by atoms with Crippen LogP contribution in [0.15, 0.2) is 27.6 Å². The van der Waals surface area contributed by atoms with Gasteiger partial charge < -0.3 is 9.64 Å². The maximum atomic E-state index is 12.9. The van der Waals surface area contributed by atoms with Crippen LogP contribution in [0.25, 0.3) is 0 Å². The van der Waals surface area contributed by atoms with Gasteiger partial charge in [0, 0.05) is 17.6 Å². The van der Waals surface area contributed by atoms with Gasteiger partial charge in [-0.2, -0.15) is 4.31 Å². The van der Waals surface area contributed by atoms with Gasteiger partial charge in [0.1, 0.15) is 10.6 Å². The molecule has 0 saturated carbocycles. The van der Waals surface area contributed by atoms with E-state index >= 15 is 0 Å². The monoisotopic (exact) mass is 390 g/mol. The van der Waals surface area contributed by atoms with Crippen molar-refractivity contribution in [2.24, 2.45) is 0 Å². The lowest BCUT2D eigenvalue weighted by Gasteiger charge is -2.35. The maximum Gasteiger partial charge on any atom is 0.246 e. The van der Waals surface area contributed by atoms with E-state index in [2.05, 4.69) is 27.8 Å². The van der Waals surface area contributed by atoms with E-state index in [-0.39, 0.29) is 10.9 Å². The van der Waals surface area contributed by atoms with E-state index in [0.717, 1.165) is 36.9 Å². The molecule has 7 heteroatoms. The van der Waals surface area contributed by atoms with Gasteiger partial charge in [0.2, 0.25) is 10.0 Å². The van der Waals surface area contributed by atoms with Gasteiger partial charge in [-0.25, -0.2) is 8.42 Å². The van der Waals surface area contributed by atoms with Gasteiger partial charge in [-0.1, -0.05) is 22.9 Å². The molecule has 2 rings (SSSR count). The quantitative estimate of drug-likeness (QED) is 0.774. The average Bonchev–Trinajstić information content (AvgIpc) is 2.54. The molecule has 0 aliphatic carbocycles. The van der Waals surface area contributed by atoms with Crippen LogP contribution in [0.5, 0.6) is 5.75 Å². The van der Waals surface area contributed by atoms with Crippen molar-refractivity contribution in [3.63, 3.8) is 0 Å².